The first-order valence-electron chi connectivity index (χ1n) is 8.40. The summed E-state index contributed by atoms with van der Waals surface area (Å²) in [5.74, 6) is 2.40. The van der Waals surface area contributed by atoms with Crippen molar-refractivity contribution in [2.45, 2.75) is 25.4 Å². The van der Waals surface area contributed by atoms with E-state index in [-0.39, 0.29) is 18.9 Å². The second-order valence-corrected chi connectivity index (χ2v) is 6.50. The van der Waals surface area contributed by atoms with Crippen molar-refractivity contribution in [3.05, 3.63) is 65.5 Å². The topological polar surface area (TPSA) is 61.2 Å². The van der Waals surface area contributed by atoms with E-state index < -0.39 is 0 Å². The first-order valence-corrected chi connectivity index (χ1v) is 8.40. The quantitative estimate of drug-likeness (QED) is 0.778. The highest BCUT2D eigenvalue weighted by atomic mass is 16.7. The maximum absolute atomic E-state index is 5.53. The van der Waals surface area contributed by atoms with Crippen molar-refractivity contribution in [2.75, 3.05) is 12.1 Å². The van der Waals surface area contributed by atoms with Gasteiger partial charge in [-0.15, -0.1) is 0 Å². The SMILES string of the molecule is Cc1ccc([C@H]2C[C@@H](c3ccc4c(c3)OCO4)Nc3ncnn32)cc1. The van der Waals surface area contributed by atoms with E-state index in [1.807, 2.05) is 10.7 Å². The Kier molecular flexibility index (Phi) is 3.16. The fraction of sp³-hybridized carbons (Fsp3) is 0.263. The lowest BCUT2D eigenvalue weighted by Crippen LogP contribution is -2.28. The fourth-order valence-corrected chi connectivity index (χ4v) is 3.53. The summed E-state index contributed by atoms with van der Waals surface area (Å²) in [5, 5.41) is 7.91. The molecular formula is C19H18N4O2. The maximum Gasteiger partial charge on any atom is 0.231 e. The van der Waals surface area contributed by atoms with E-state index in [0.29, 0.717) is 0 Å². The zero-order valence-electron chi connectivity index (χ0n) is 13.8. The van der Waals surface area contributed by atoms with Crippen LogP contribution in [0.5, 0.6) is 11.5 Å². The molecule has 0 bridgehead atoms. The summed E-state index contributed by atoms with van der Waals surface area (Å²) >= 11 is 0. The summed E-state index contributed by atoms with van der Waals surface area (Å²) in [5.41, 5.74) is 3.66. The van der Waals surface area contributed by atoms with Crippen LogP contribution in [0.1, 0.15) is 35.2 Å². The second-order valence-electron chi connectivity index (χ2n) is 6.50. The van der Waals surface area contributed by atoms with Crippen LogP contribution in [0, 0.1) is 6.92 Å². The van der Waals surface area contributed by atoms with E-state index in [4.69, 9.17) is 9.47 Å². The minimum Gasteiger partial charge on any atom is -0.454 e. The molecule has 2 atom stereocenters. The van der Waals surface area contributed by atoms with Crippen LogP contribution in [0.25, 0.3) is 0 Å². The van der Waals surface area contributed by atoms with Gasteiger partial charge in [-0.3, -0.25) is 0 Å². The molecule has 0 saturated heterocycles. The number of aryl methyl sites for hydroxylation is 1. The van der Waals surface area contributed by atoms with Gasteiger partial charge in [0, 0.05) is 0 Å². The van der Waals surface area contributed by atoms with E-state index in [9.17, 15) is 0 Å². The van der Waals surface area contributed by atoms with E-state index in [1.54, 1.807) is 6.33 Å². The molecule has 6 heteroatoms. The molecular weight excluding hydrogens is 316 g/mol. The summed E-state index contributed by atoms with van der Waals surface area (Å²) in [7, 11) is 0. The van der Waals surface area contributed by atoms with Gasteiger partial charge in [0.05, 0.1) is 12.1 Å². The normalized spacial score (nSPS) is 20.8. The van der Waals surface area contributed by atoms with Crippen molar-refractivity contribution in [1.82, 2.24) is 14.8 Å². The van der Waals surface area contributed by atoms with E-state index >= 15 is 0 Å². The van der Waals surface area contributed by atoms with Gasteiger partial charge in [-0.1, -0.05) is 35.9 Å². The third-order valence-corrected chi connectivity index (χ3v) is 4.89. The van der Waals surface area contributed by atoms with Crippen molar-refractivity contribution in [1.29, 1.82) is 0 Å². The number of rotatable bonds is 2. The highest BCUT2D eigenvalue weighted by Gasteiger charge is 2.30. The number of fused-ring (bicyclic) bond motifs is 2. The van der Waals surface area contributed by atoms with E-state index in [1.165, 1.54) is 11.1 Å². The molecule has 2 aliphatic rings. The van der Waals surface area contributed by atoms with Crippen LogP contribution in [0.2, 0.25) is 0 Å². The molecule has 3 heterocycles. The van der Waals surface area contributed by atoms with E-state index in [0.717, 1.165) is 29.4 Å². The van der Waals surface area contributed by atoms with Gasteiger partial charge in [0.15, 0.2) is 11.5 Å². The number of anilines is 1. The van der Waals surface area contributed by atoms with Crippen molar-refractivity contribution < 1.29 is 9.47 Å². The highest BCUT2D eigenvalue weighted by Crippen LogP contribution is 2.40. The van der Waals surface area contributed by atoms with Gasteiger partial charge in [-0.2, -0.15) is 10.1 Å². The van der Waals surface area contributed by atoms with Gasteiger partial charge in [-0.05, 0) is 36.6 Å². The Balaban J connectivity index is 1.52. The third-order valence-electron chi connectivity index (χ3n) is 4.89. The summed E-state index contributed by atoms with van der Waals surface area (Å²) < 4.78 is 12.9. The van der Waals surface area contributed by atoms with Crippen molar-refractivity contribution in [2.24, 2.45) is 0 Å². The lowest BCUT2D eigenvalue weighted by atomic mass is 9.93. The standard InChI is InChI=1S/C19H18N4O2/c1-12-2-4-13(5-3-12)16-9-15(22-19-20-10-21-23(16)19)14-6-7-17-18(8-14)25-11-24-17/h2-8,10,15-16H,9,11H2,1H3,(H,20,21,22)/t15-,16+/m0/s1. The molecule has 126 valence electrons. The molecule has 0 unspecified atom stereocenters. The number of aromatic nitrogens is 3. The van der Waals surface area contributed by atoms with Crippen LogP contribution in [0.4, 0.5) is 5.95 Å². The Morgan fingerprint density at radius 2 is 1.84 bits per heavy atom. The zero-order valence-corrected chi connectivity index (χ0v) is 13.8. The molecule has 0 spiro atoms. The number of nitrogens with one attached hydrogen (secondary N) is 1. The van der Waals surface area contributed by atoms with Gasteiger partial charge >= 0.3 is 0 Å². The van der Waals surface area contributed by atoms with Crippen LogP contribution in [0.15, 0.2) is 48.8 Å². The van der Waals surface area contributed by atoms with Gasteiger partial charge in [-0.25, -0.2) is 4.68 Å². The predicted molar refractivity (Wildman–Crippen MR) is 92.9 cm³/mol. The predicted octanol–water partition coefficient (Wildman–Crippen LogP) is 3.46. The van der Waals surface area contributed by atoms with Crippen LogP contribution in [0.3, 0.4) is 0 Å². The molecule has 2 aliphatic heterocycles. The van der Waals surface area contributed by atoms with Crippen molar-refractivity contribution >= 4 is 5.95 Å². The zero-order chi connectivity index (χ0) is 16.8. The van der Waals surface area contributed by atoms with Gasteiger partial charge in [0.25, 0.3) is 0 Å². The summed E-state index contributed by atoms with van der Waals surface area (Å²) in [6.07, 6.45) is 2.49. The molecule has 0 fully saturated rings. The molecule has 5 rings (SSSR count). The lowest BCUT2D eigenvalue weighted by Gasteiger charge is -2.32. The molecule has 2 aromatic carbocycles. The molecule has 0 amide bonds. The van der Waals surface area contributed by atoms with Gasteiger partial charge < -0.3 is 14.8 Å². The lowest BCUT2D eigenvalue weighted by molar-refractivity contribution is 0.174. The molecule has 0 radical (unpaired) electrons. The number of hydrogen-bond donors (Lipinski definition) is 1. The van der Waals surface area contributed by atoms with Gasteiger partial charge in [0.2, 0.25) is 12.7 Å². The fourth-order valence-electron chi connectivity index (χ4n) is 3.53. The average molecular weight is 334 g/mol. The third kappa shape index (κ3) is 2.41. The molecule has 1 aromatic heterocycles. The van der Waals surface area contributed by atoms with Gasteiger partial charge in [0.1, 0.15) is 6.33 Å². The summed E-state index contributed by atoms with van der Waals surface area (Å²) in [6.45, 7) is 2.39. The smallest absolute Gasteiger partial charge is 0.231 e. The van der Waals surface area contributed by atoms with Crippen molar-refractivity contribution in [3.8, 4) is 11.5 Å². The molecule has 0 saturated carbocycles. The largest absolute Gasteiger partial charge is 0.454 e. The number of ether oxygens (including phenoxy) is 2. The summed E-state index contributed by atoms with van der Waals surface area (Å²) in [6, 6.07) is 15.0. The molecule has 0 aliphatic carbocycles. The first kappa shape index (κ1) is 14.3. The maximum atomic E-state index is 5.53. The Bertz CT molecular complexity index is 919. The van der Waals surface area contributed by atoms with Crippen LogP contribution in [-0.2, 0) is 0 Å². The Morgan fingerprint density at radius 1 is 1.04 bits per heavy atom. The second kappa shape index (κ2) is 5.51. The Labute approximate surface area is 145 Å². The molecule has 25 heavy (non-hydrogen) atoms. The monoisotopic (exact) mass is 334 g/mol. The molecule has 6 nitrogen and oxygen atoms in total. The Morgan fingerprint density at radius 3 is 2.72 bits per heavy atom. The number of nitrogens with zero attached hydrogens (tertiary/aromatic N) is 3. The minimum absolute atomic E-state index is 0.137. The number of hydrogen-bond acceptors (Lipinski definition) is 5. The highest BCUT2D eigenvalue weighted by molar-refractivity contribution is 5.47. The number of benzene rings is 2. The minimum atomic E-state index is 0.137. The first-order chi connectivity index (χ1) is 12.3. The van der Waals surface area contributed by atoms with E-state index in [2.05, 4.69) is 58.7 Å². The summed E-state index contributed by atoms with van der Waals surface area (Å²) in [4.78, 5) is 4.38. The average Bonchev–Trinajstić information content (AvgIpc) is 3.29. The molecule has 1 N–H and O–H groups in total. The molecule has 3 aromatic rings. The van der Waals surface area contributed by atoms with Crippen molar-refractivity contribution in [3.63, 3.8) is 0 Å². The Hall–Kier alpha value is -3.02. The van der Waals surface area contributed by atoms with Crippen LogP contribution < -0.4 is 14.8 Å². The van der Waals surface area contributed by atoms with Crippen LogP contribution in [-0.4, -0.2) is 21.6 Å². The van der Waals surface area contributed by atoms with Crippen LogP contribution >= 0.6 is 0 Å².